The van der Waals surface area contributed by atoms with Crippen LogP contribution in [0.1, 0.15) is 24.0 Å². The molecule has 2 aromatic carbocycles. The Bertz CT molecular complexity index is 958. The Labute approximate surface area is 189 Å². The van der Waals surface area contributed by atoms with Gasteiger partial charge in [-0.15, -0.1) is 24.0 Å². The molecule has 0 radical (unpaired) electrons. The first kappa shape index (κ1) is 23.6. The summed E-state index contributed by atoms with van der Waals surface area (Å²) in [6.45, 7) is 1.38. The van der Waals surface area contributed by atoms with Gasteiger partial charge in [0.2, 0.25) is 0 Å². The number of aliphatic imine (C=N–C) groups is 1. The van der Waals surface area contributed by atoms with Crippen LogP contribution in [0.3, 0.4) is 0 Å². The molecule has 2 aromatic rings. The van der Waals surface area contributed by atoms with Crippen molar-refractivity contribution in [1.82, 2.24) is 10.6 Å². The lowest BCUT2D eigenvalue weighted by Crippen LogP contribution is -2.42. The fourth-order valence-corrected chi connectivity index (χ4v) is 3.87. The van der Waals surface area contributed by atoms with Crippen LogP contribution in [0, 0.1) is 5.82 Å². The quantitative estimate of drug-likeness (QED) is 0.327. The Morgan fingerprint density at radius 2 is 1.83 bits per heavy atom. The maximum atomic E-state index is 13.5. The summed E-state index contributed by atoms with van der Waals surface area (Å²) in [4.78, 5) is 4.58. The molecule has 0 heterocycles. The molecule has 0 saturated heterocycles. The van der Waals surface area contributed by atoms with Crippen LogP contribution in [0.5, 0.6) is 0 Å². The molecule has 1 aliphatic carbocycles. The van der Waals surface area contributed by atoms with E-state index in [-0.39, 0.29) is 35.2 Å². The summed E-state index contributed by atoms with van der Waals surface area (Å²) in [7, 11) is -1.45. The monoisotopic (exact) mass is 531 g/mol. The summed E-state index contributed by atoms with van der Waals surface area (Å²) < 4.78 is 36.5. The first-order chi connectivity index (χ1) is 13.3. The first-order valence-electron chi connectivity index (χ1n) is 9.32. The van der Waals surface area contributed by atoms with E-state index < -0.39 is 9.84 Å². The van der Waals surface area contributed by atoms with Crippen LogP contribution in [0.15, 0.2) is 58.4 Å². The maximum Gasteiger partial charge on any atom is 0.191 e. The number of hydrogen-bond donors (Lipinski definition) is 2. The molecular formula is C21H27FIN3O2S. The number of guanidine groups is 1. The van der Waals surface area contributed by atoms with Gasteiger partial charge in [-0.25, -0.2) is 12.8 Å². The van der Waals surface area contributed by atoms with E-state index in [4.69, 9.17) is 0 Å². The molecule has 0 atom stereocenters. The molecule has 0 bridgehead atoms. The minimum absolute atomic E-state index is 0. The van der Waals surface area contributed by atoms with Crippen molar-refractivity contribution in [2.24, 2.45) is 4.99 Å². The van der Waals surface area contributed by atoms with Gasteiger partial charge in [-0.3, -0.25) is 4.99 Å². The average Bonchev–Trinajstić information content (AvgIpc) is 3.45. The summed E-state index contributed by atoms with van der Waals surface area (Å²) in [6, 6.07) is 13.7. The number of hydrogen-bond acceptors (Lipinski definition) is 3. The van der Waals surface area contributed by atoms with Crippen LogP contribution in [-0.4, -0.2) is 40.8 Å². The largest absolute Gasteiger partial charge is 0.356 e. The third kappa shape index (κ3) is 6.40. The Balaban J connectivity index is 0.00000300. The third-order valence-corrected chi connectivity index (χ3v) is 6.29. The van der Waals surface area contributed by atoms with Gasteiger partial charge in [-0.1, -0.05) is 24.3 Å². The van der Waals surface area contributed by atoms with Crippen LogP contribution in [0.4, 0.5) is 4.39 Å². The molecule has 29 heavy (non-hydrogen) atoms. The molecule has 1 fully saturated rings. The molecule has 0 aliphatic heterocycles. The summed E-state index contributed by atoms with van der Waals surface area (Å²) >= 11 is 0. The van der Waals surface area contributed by atoms with Crippen molar-refractivity contribution in [2.75, 3.05) is 26.4 Å². The number of sulfone groups is 1. The lowest BCUT2D eigenvalue weighted by molar-refractivity contribution is 0.602. The van der Waals surface area contributed by atoms with Crippen molar-refractivity contribution >= 4 is 39.8 Å². The van der Waals surface area contributed by atoms with Crippen LogP contribution in [-0.2, 0) is 21.7 Å². The minimum atomic E-state index is -3.17. The van der Waals surface area contributed by atoms with E-state index in [2.05, 4.69) is 15.6 Å². The second-order valence-electron chi connectivity index (χ2n) is 7.31. The number of nitrogens with zero attached hydrogens (tertiary/aromatic N) is 1. The van der Waals surface area contributed by atoms with Gasteiger partial charge < -0.3 is 10.6 Å². The fraction of sp³-hybridized carbons (Fsp3) is 0.381. The van der Waals surface area contributed by atoms with Gasteiger partial charge in [0.25, 0.3) is 0 Å². The second kappa shape index (κ2) is 9.88. The van der Waals surface area contributed by atoms with E-state index in [9.17, 15) is 12.8 Å². The summed E-state index contributed by atoms with van der Waals surface area (Å²) in [5.74, 6) is 0.503. The molecule has 0 amide bonds. The van der Waals surface area contributed by atoms with E-state index in [1.165, 1.54) is 12.3 Å². The highest BCUT2D eigenvalue weighted by Crippen LogP contribution is 2.47. The van der Waals surface area contributed by atoms with Crippen LogP contribution < -0.4 is 10.6 Å². The van der Waals surface area contributed by atoms with Gasteiger partial charge in [0, 0.05) is 31.8 Å². The highest BCUT2D eigenvalue weighted by molar-refractivity contribution is 14.0. The van der Waals surface area contributed by atoms with Gasteiger partial charge in [0.1, 0.15) is 5.82 Å². The van der Waals surface area contributed by atoms with Crippen LogP contribution in [0.25, 0.3) is 0 Å². The summed E-state index contributed by atoms with van der Waals surface area (Å²) in [5.41, 5.74) is 2.07. The third-order valence-electron chi connectivity index (χ3n) is 5.17. The van der Waals surface area contributed by atoms with Crippen molar-refractivity contribution in [3.63, 3.8) is 0 Å². The van der Waals surface area contributed by atoms with E-state index in [1.807, 2.05) is 18.2 Å². The van der Waals surface area contributed by atoms with E-state index in [1.54, 1.807) is 31.3 Å². The van der Waals surface area contributed by atoms with Gasteiger partial charge in [0.05, 0.1) is 4.90 Å². The first-order valence-corrected chi connectivity index (χ1v) is 11.2. The molecule has 0 spiro atoms. The molecule has 0 unspecified atom stereocenters. The summed E-state index contributed by atoms with van der Waals surface area (Å²) in [6.07, 6.45) is 4.02. The molecule has 8 heteroatoms. The van der Waals surface area contributed by atoms with Crippen LogP contribution >= 0.6 is 24.0 Å². The Morgan fingerprint density at radius 3 is 2.38 bits per heavy atom. The lowest BCUT2D eigenvalue weighted by atomic mass is 9.96. The van der Waals surface area contributed by atoms with Gasteiger partial charge in [-0.2, -0.15) is 0 Å². The number of rotatable bonds is 7. The van der Waals surface area contributed by atoms with E-state index >= 15 is 0 Å². The molecule has 5 nitrogen and oxygen atoms in total. The zero-order chi connectivity index (χ0) is 20.2. The van der Waals surface area contributed by atoms with Gasteiger partial charge >= 0.3 is 0 Å². The Kier molecular flexibility index (Phi) is 8.04. The van der Waals surface area contributed by atoms with Gasteiger partial charge in [0.15, 0.2) is 15.8 Å². The van der Waals surface area contributed by atoms with Crippen molar-refractivity contribution < 1.29 is 12.8 Å². The molecule has 158 valence electrons. The molecule has 1 saturated carbocycles. The molecular weight excluding hydrogens is 504 g/mol. The standard InChI is InChI=1S/C21H26FN3O2S.HI/c1-23-20(24-13-10-16-6-8-19(9-7-16)28(2,26)27)25-15-21(11-12-21)17-4-3-5-18(22)14-17;/h3-9,14H,10-13,15H2,1-2H3,(H2,23,24,25);1H. The average molecular weight is 531 g/mol. The van der Waals surface area contributed by atoms with Crippen molar-refractivity contribution in [3.8, 4) is 0 Å². The zero-order valence-electron chi connectivity index (χ0n) is 16.6. The maximum absolute atomic E-state index is 13.5. The zero-order valence-corrected chi connectivity index (χ0v) is 19.8. The SMILES string of the molecule is CN=C(NCCc1ccc(S(C)(=O)=O)cc1)NCC1(c2cccc(F)c2)CC1.I. The van der Waals surface area contributed by atoms with Crippen molar-refractivity contribution in [1.29, 1.82) is 0 Å². The number of nitrogens with one attached hydrogen (secondary N) is 2. The molecule has 2 N–H and O–H groups in total. The smallest absolute Gasteiger partial charge is 0.191 e. The van der Waals surface area contributed by atoms with Crippen molar-refractivity contribution in [3.05, 3.63) is 65.5 Å². The predicted octanol–water partition coefficient (Wildman–Crippen LogP) is 3.29. The lowest BCUT2D eigenvalue weighted by Gasteiger charge is -2.19. The number of halogens is 2. The summed E-state index contributed by atoms with van der Waals surface area (Å²) in [5, 5.41) is 6.62. The van der Waals surface area contributed by atoms with E-state index in [0.29, 0.717) is 23.9 Å². The van der Waals surface area contributed by atoms with Gasteiger partial charge in [-0.05, 0) is 54.7 Å². The molecule has 3 rings (SSSR count). The topological polar surface area (TPSA) is 70.6 Å². The number of benzene rings is 2. The van der Waals surface area contributed by atoms with Crippen molar-refractivity contribution in [2.45, 2.75) is 29.6 Å². The predicted molar refractivity (Wildman–Crippen MR) is 125 cm³/mol. The minimum Gasteiger partial charge on any atom is -0.356 e. The molecule has 0 aromatic heterocycles. The highest BCUT2D eigenvalue weighted by Gasteiger charge is 2.44. The fourth-order valence-electron chi connectivity index (χ4n) is 3.24. The highest BCUT2D eigenvalue weighted by atomic mass is 127. The van der Waals surface area contributed by atoms with E-state index in [0.717, 1.165) is 30.4 Å². The Hall–Kier alpha value is -1.68. The normalized spacial score (nSPS) is 15.3. The second-order valence-corrected chi connectivity index (χ2v) is 9.33. The Morgan fingerprint density at radius 1 is 1.14 bits per heavy atom. The molecule has 1 aliphatic rings. The van der Waals surface area contributed by atoms with Crippen LogP contribution in [0.2, 0.25) is 0 Å².